The number of hydrogen-bond acceptors (Lipinski definition) is 4. The highest BCUT2D eigenvalue weighted by Gasteiger charge is 2.39. The van der Waals surface area contributed by atoms with Crippen molar-refractivity contribution < 1.29 is 30.7 Å². The van der Waals surface area contributed by atoms with Crippen molar-refractivity contribution in [2.45, 2.75) is 6.30 Å². The second-order valence-electron chi connectivity index (χ2n) is 1.31. The van der Waals surface area contributed by atoms with Crippen LogP contribution in [0.3, 0.4) is 0 Å². The SMILES string of the molecule is O=S([O-])NN(S(=O)[O-])C(F)(F)F. The fourth-order valence-electron chi connectivity index (χ4n) is 0.234. The van der Waals surface area contributed by atoms with Crippen LogP contribution in [-0.2, 0) is 22.5 Å². The molecule has 0 aliphatic heterocycles. The lowest BCUT2D eigenvalue weighted by molar-refractivity contribution is -0.218. The Morgan fingerprint density at radius 1 is 1.25 bits per heavy atom. The maximum Gasteiger partial charge on any atom is 0.485 e. The van der Waals surface area contributed by atoms with E-state index in [0.717, 1.165) is 0 Å². The highest BCUT2D eigenvalue weighted by Crippen LogP contribution is 2.19. The molecule has 6 nitrogen and oxygen atoms in total. The quantitative estimate of drug-likeness (QED) is 0.375. The summed E-state index contributed by atoms with van der Waals surface area (Å²) in [6.45, 7) is 0. The molecule has 0 aliphatic carbocycles. The number of rotatable bonds is 3. The van der Waals surface area contributed by atoms with Crippen molar-refractivity contribution >= 4 is 22.5 Å². The number of hydrogen-bond donors (Lipinski definition) is 1. The van der Waals surface area contributed by atoms with E-state index >= 15 is 0 Å². The van der Waals surface area contributed by atoms with E-state index in [1.165, 1.54) is 0 Å². The standard InChI is InChI=1S/CH3F3N2O4S2/c2-1(3,4)6(12(9)10)5-11(7)8/h5H,(H,7,8)(H,9,10)/p-2. The molecule has 1 N–H and O–H groups in total. The average Bonchev–Trinajstić information content (AvgIpc) is 1.79. The first-order valence-corrected chi connectivity index (χ1v) is 4.17. The van der Waals surface area contributed by atoms with Gasteiger partial charge in [-0.1, -0.05) is 4.41 Å². The summed E-state index contributed by atoms with van der Waals surface area (Å²) in [6, 6.07) is 0. The summed E-state index contributed by atoms with van der Waals surface area (Å²) in [4.78, 5) is 0.632. The number of nitrogens with one attached hydrogen (secondary N) is 1. The molecule has 0 amide bonds. The first-order valence-electron chi connectivity index (χ1n) is 2.07. The van der Waals surface area contributed by atoms with Crippen LogP contribution in [0.15, 0.2) is 0 Å². The van der Waals surface area contributed by atoms with E-state index in [1.807, 2.05) is 0 Å². The van der Waals surface area contributed by atoms with E-state index in [4.69, 9.17) is 0 Å². The molecule has 0 aromatic heterocycles. The van der Waals surface area contributed by atoms with Crippen LogP contribution in [0.1, 0.15) is 0 Å². The zero-order valence-corrected chi connectivity index (χ0v) is 6.66. The maximum absolute atomic E-state index is 11.5. The monoisotopic (exact) mass is 226 g/mol. The van der Waals surface area contributed by atoms with Gasteiger partial charge >= 0.3 is 6.30 Å². The van der Waals surface area contributed by atoms with E-state index in [0.29, 0.717) is 4.83 Å². The molecule has 0 aromatic carbocycles. The fraction of sp³-hybridized carbons (Fsp3) is 1.00. The van der Waals surface area contributed by atoms with Crippen LogP contribution in [0.4, 0.5) is 13.2 Å². The van der Waals surface area contributed by atoms with Crippen LogP contribution in [0.25, 0.3) is 0 Å². The molecule has 0 aliphatic rings. The lowest BCUT2D eigenvalue weighted by Gasteiger charge is -2.26. The van der Waals surface area contributed by atoms with Gasteiger partial charge in [0.15, 0.2) is 0 Å². The van der Waals surface area contributed by atoms with Crippen molar-refractivity contribution in [3.63, 3.8) is 0 Å². The van der Waals surface area contributed by atoms with E-state index in [9.17, 15) is 30.7 Å². The van der Waals surface area contributed by atoms with Gasteiger partial charge in [0.2, 0.25) is 0 Å². The fourth-order valence-corrected chi connectivity index (χ4v) is 1.07. The van der Waals surface area contributed by atoms with Gasteiger partial charge in [-0.2, -0.15) is 18.0 Å². The van der Waals surface area contributed by atoms with E-state index in [-0.39, 0.29) is 0 Å². The molecule has 0 heterocycles. The lowest BCUT2D eigenvalue weighted by Crippen LogP contribution is -2.49. The van der Waals surface area contributed by atoms with Gasteiger partial charge in [-0.15, -0.1) is 0 Å². The Kier molecular flexibility index (Phi) is 4.22. The molecular weight excluding hydrogens is 225 g/mol. The summed E-state index contributed by atoms with van der Waals surface area (Å²) in [5.41, 5.74) is 0. The van der Waals surface area contributed by atoms with Crippen molar-refractivity contribution in [2.75, 3.05) is 0 Å². The third-order valence-corrected chi connectivity index (χ3v) is 1.58. The van der Waals surface area contributed by atoms with Gasteiger partial charge in [-0.05, 0) is 0 Å². The molecule has 11 heteroatoms. The Morgan fingerprint density at radius 2 is 1.67 bits per heavy atom. The number of halogens is 3. The zero-order chi connectivity index (χ0) is 9.94. The summed E-state index contributed by atoms with van der Waals surface area (Å²) >= 11 is -7.09. The Labute approximate surface area is 69.5 Å². The summed E-state index contributed by atoms with van der Waals surface area (Å²) < 4.78 is 72.0. The number of nitrogens with zero attached hydrogens (tertiary/aromatic N) is 1. The molecule has 0 radical (unpaired) electrons. The Balaban J connectivity index is 4.46. The summed E-state index contributed by atoms with van der Waals surface area (Å²) in [7, 11) is 0. The van der Waals surface area contributed by atoms with E-state index in [2.05, 4.69) is 0 Å². The molecule has 0 spiro atoms. The van der Waals surface area contributed by atoms with Gasteiger partial charge in [-0.25, -0.2) is 0 Å². The minimum absolute atomic E-state index is 0.632. The predicted octanol–water partition coefficient (Wildman–Crippen LogP) is -1.10. The molecular formula is CHF3N2O4S2-2. The first kappa shape index (κ1) is 11.9. The van der Waals surface area contributed by atoms with Crippen molar-refractivity contribution in [3.8, 4) is 0 Å². The summed E-state index contributed by atoms with van der Waals surface area (Å²) in [5.74, 6) is 0. The van der Waals surface area contributed by atoms with Crippen molar-refractivity contribution in [1.29, 1.82) is 0 Å². The van der Waals surface area contributed by atoms with Crippen molar-refractivity contribution in [2.24, 2.45) is 0 Å². The minimum atomic E-state index is -5.31. The summed E-state index contributed by atoms with van der Waals surface area (Å²) in [6.07, 6.45) is -5.31. The maximum atomic E-state index is 11.5. The van der Waals surface area contributed by atoms with Gasteiger partial charge in [0.1, 0.15) is 0 Å². The Bertz CT molecular complexity index is 205. The number of alkyl halides is 3. The van der Waals surface area contributed by atoms with Gasteiger partial charge in [0.05, 0.1) is 0 Å². The van der Waals surface area contributed by atoms with Crippen LogP contribution >= 0.6 is 0 Å². The van der Waals surface area contributed by atoms with Crippen LogP contribution < -0.4 is 4.83 Å². The van der Waals surface area contributed by atoms with Crippen LogP contribution in [0, 0.1) is 0 Å². The second-order valence-corrected chi connectivity index (χ2v) is 2.76. The Morgan fingerprint density at radius 3 is 1.75 bits per heavy atom. The molecule has 2 atom stereocenters. The molecule has 0 fully saturated rings. The largest absolute Gasteiger partial charge is 0.759 e. The van der Waals surface area contributed by atoms with Gasteiger partial charge in [-0.3, -0.25) is 8.42 Å². The molecule has 0 rings (SSSR count). The van der Waals surface area contributed by atoms with E-state index in [1.54, 1.807) is 0 Å². The predicted molar refractivity (Wildman–Crippen MR) is 28.9 cm³/mol. The highest BCUT2D eigenvalue weighted by molar-refractivity contribution is 7.79. The van der Waals surface area contributed by atoms with Crippen LogP contribution in [0.5, 0.6) is 0 Å². The smallest absolute Gasteiger partial charge is 0.485 e. The molecule has 0 bridgehead atoms. The average molecular weight is 226 g/mol. The molecule has 12 heavy (non-hydrogen) atoms. The topological polar surface area (TPSA) is 95.5 Å². The second kappa shape index (κ2) is 4.25. The van der Waals surface area contributed by atoms with Crippen LogP contribution in [0.2, 0.25) is 0 Å². The molecule has 2 unspecified atom stereocenters. The van der Waals surface area contributed by atoms with Gasteiger partial charge in [0, 0.05) is 22.5 Å². The molecule has 0 saturated carbocycles. The van der Waals surface area contributed by atoms with Crippen molar-refractivity contribution in [3.05, 3.63) is 0 Å². The van der Waals surface area contributed by atoms with Crippen molar-refractivity contribution in [1.82, 2.24) is 9.25 Å². The third kappa shape index (κ3) is 4.08. The van der Waals surface area contributed by atoms with Crippen LogP contribution in [-0.4, -0.2) is 28.2 Å². The first-order chi connectivity index (χ1) is 5.25. The normalized spacial score (nSPS) is 17.8. The van der Waals surface area contributed by atoms with E-state index < -0.39 is 33.2 Å². The number of hydrazine groups is 1. The third-order valence-electron chi connectivity index (χ3n) is 0.537. The highest BCUT2D eigenvalue weighted by atomic mass is 32.2. The minimum Gasteiger partial charge on any atom is -0.759 e. The van der Waals surface area contributed by atoms with Gasteiger partial charge in [0.25, 0.3) is 0 Å². The zero-order valence-electron chi connectivity index (χ0n) is 5.03. The summed E-state index contributed by atoms with van der Waals surface area (Å²) in [5, 5.41) is 0. The molecule has 0 saturated heterocycles. The molecule has 0 aromatic rings. The molecule has 74 valence electrons. The Hall–Kier alpha value is -0.0700. The van der Waals surface area contributed by atoms with Gasteiger partial charge < -0.3 is 9.11 Å². The lowest BCUT2D eigenvalue weighted by atomic mass is 11.2.